The third-order valence-electron chi connectivity index (χ3n) is 5.03. The number of hydrogen-bond acceptors (Lipinski definition) is 10. The second kappa shape index (κ2) is 10.6. The molecule has 1 saturated heterocycles. The highest BCUT2D eigenvalue weighted by Gasteiger charge is 2.23. The van der Waals surface area contributed by atoms with Crippen molar-refractivity contribution in [1.82, 2.24) is 35.5 Å². The van der Waals surface area contributed by atoms with Crippen molar-refractivity contribution in [2.45, 2.75) is 32.2 Å². The second-order valence-electron chi connectivity index (χ2n) is 7.60. The number of hydrogen-bond donors (Lipinski definition) is 2. The Balaban J connectivity index is 1.41. The Bertz CT molecular complexity index is 1150. The number of nitrogens with zero attached hydrogens (tertiary/aromatic N) is 6. The molecule has 13 heteroatoms. The standard InChI is InChI=1S/C21H24FN7O5/c1-12-24-17(20-26-28-29(27-20)8-14-10-34-15(9-30)11-33-14)6-18(25-12)21(31)23-7-13-3-4-16(22)19(5-13)32-2/h3-6,14-15,30H,7-11H2,1-2H3,(H,23,31)/t14-,15+/m1/s1. The fourth-order valence-electron chi connectivity index (χ4n) is 3.28. The van der Waals surface area contributed by atoms with Gasteiger partial charge in [-0.25, -0.2) is 14.4 Å². The van der Waals surface area contributed by atoms with Gasteiger partial charge in [-0.15, -0.1) is 10.2 Å². The van der Waals surface area contributed by atoms with E-state index in [1.54, 1.807) is 13.0 Å². The van der Waals surface area contributed by atoms with E-state index in [1.807, 2.05) is 0 Å². The van der Waals surface area contributed by atoms with Crippen molar-refractivity contribution in [1.29, 1.82) is 0 Å². The molecule has 2 N–H and O–H groups in total. The predicted molar refractivity (Wildman–Crippen MR) is 114 cm³/mol. The first-order valence-corrected chi connectivity index (χ1v) is 10.5. The Morgan fingerprint density at radius 3 is 2.79 bits per heavy atom. The van der Waals surface area contributed by atoms with Gasteiger partial charge in [-0.1, -0.05) is 6.07 Å². The van der Waals surface area contributed by atoms with Crippen LogP contribution in [0, 0.1) is 12.7 Å². The summed E-state index contributed by atoms with van der Waals surface area (Å²) in [6, 6.07) is 5.82. The topological polar surface area (TPSA) is 146 Å². The van der Waals surface area contributed by atoms with Crippen LogP contribution in [0.5, 0.6) is 5.75 Å². The molecule has 0 saturated carbocycles. The van der Waals surface area contributed by atoms with Crippen LogP contribution in [0.2, 0.25) is 0 Å². The summed E-state index contributed by atoms with van der Waals surface area (Å²) in [6.07, 6.45) is -0.599. The number of methoxy groups -OCH3 is 1. The molecule has 2 aromatic heterocycles. The van der Waals surface area contributed by atoms with Crippen LogP contribution < -0.4 is 10.1 Å². The second-order valence-corrected chi connectivity index (χ2v) is 7.60. The zero-order valence-electron chi connectivity index (χ0n) is 18.6. The van der Waals surface area contributed by atoms with Gasteiger partial charge in [0.25, 0.3) is 5.91 Å². The third kappa shape index (κ3) is 5.68. The Kier molecular flexibility index (Phi) is 7.35. The van der Waals surface area contributed by atoms with E-state index in [2.05, 4.69) is 30.7 Å². The molecule has 0 spiro atoms. The Morgan fingerprint density at radius 2 is 2.06 bits per heavy atom. The fraction of sp³-hybridized carbons (Fsp3) is 0.429. The number of aryl methyl sites for hydroxylation is 1. The SMILES string of the molecule is COc1cc(CNC(=O)c2cc(-c3nnn(C[C@@H]4CO[C@@H](CO)CO4)n3)nc(C)n2)ccc1F. The van der Waals surface area contributed by atoms with Crippen LogP contribution in [0.1, 0.15) is 21.9 Å². The van der Waals surface area contributed by atoms with Gasteiger partial charge >= 0.3 is 0 Å². The van der Waals surface area contributed by atoms with Gasteiger partial charge in [-0.3, -0.25) is 4.79 Å². The number of benzene rings is 1. The van der Waals surface area contributed by atoms with Crippen molar-refractivity contribution in [2.75, 3.05) is 26.9 Å². The van der Waals surface area contributed by atoms with Crippen molar-refractivity contribution < 1.29 is 28.5 Å². The van der Waals surface area contributed by atoms with Gasteiger partial charge in [0.05, 0.1) is 33.5 Å². The Hall–Kier alpha value is -3.55. The minimum Gasteiger partial charge on any atom is -0.494 e. The quantitative estimate of drug-likeness (QED) is 0.468. The lowest BCUT2D eigenvalue weighted by Gasteiger charge is -2.27. The molecule has 3 aromatic rings. The highest BCUT2D eigenvalue weighted by Crippen LogP contribution is 2.18. The van der Waals surface area contributed by atoms with Crippen LogP contribution in [0.3, 0.4) is 0 Å². The number of rotatable bonds is 8. The normalized spacial score (nSPS) is 18.0. The molecule has 34 heavy (non-hydrogen) atoms. The van der Waals surface area contributed by atoms with Gasteiger partial charge in [-0.2, -0.15) is 4.80 Å². The first-order valence-electron chi connectivity index (χ1n) is 10.5. The summed E-state index contributed by atoms with van der Waals surface area (Å²) in [7, 11) is 1.37. The van der Waals surface area contributed by atoms with E-state index in [4.69, 9.17) is 19.3 Å². The number of carbonyl (C=O) groups is 1. The maximum Gasteiger partial charge on any atom is 0.270 e. The predicted octanol–water partition coefficient (Wildman–Crippen LogP) is 0.293. The van der Waals surface area contributed by atoms with Gasteiger partial charge in [0.1, 0.15) is 29.4 Å². The minimum absolute atomic E-state index is 0.0967. The highest BCUT2D eigenvalue weighted by molar-refractivity contribution is 5.93. The van der Waals surface area contributed by atoms with E-state index in [9.17, 15) is 9.18 Å². The highest BCUT2D eigenvalue weighted by atomic mass is 19.1. The van der Waals surface area contributed by atoms with Crippen LogP contribution in [-0.4, -0.2) is 80.3 Å². The van der Waals surface area contributed by atoms with E-state index >= 15 is 0 Å². The summed E-state index contributed by atoms with van der Waals surface area (Å²) in [5, 5.41) is 24.2. The van der Waals surface area contributed by atoms with Crippen molar-refractivity contribution in [2.24, 2.45) is 0 Å². The molecule has 0 bridgehead atoms. The Morgan fingerprint density at radius 1 is 1.26 bits per heavy atom. The molecule has 0 radical (unpaired) electrons. The molecule has 4 rings (SSSR count). The number of nitrogens with one attached hydrogen (secondary N) is 1. The van der Waals surface area contributed by atoms with E-state index in [1.165, 1.54) is 30.1 Å². The minimum atomic E-state index is -0.480. The van der Waals surface area contributed by atoms with Gasteiger partial charge in [-0.05, 0) is 35.9 Å². The number of halogens is 1. The van der Waals surface area contributed by atoms with Gasteiger partial charge in [0.15, 0.2) is 11.6 Å². The summed E-state index contributed by atoms with van der Waals surface area (Å²) >= 11 is 0. The van der Waals surface area contributed by atoms with E-state index in [-0.39, 0.29) is 49.2 Å². The number of tetrazole rings is 1. The fourth-order valence-corrected chi connectivity index (χ4v) is 3.28. The Labute approximate surface area is 194 Å². The summed E-state index contributed by atoms with van der Waals surface area (Å²) in [5.41, 5.74) is 1.14. The molecular formula is C21H24FN7O5. The van der Waals surface area contributed by atoms with E-state index in [0.29, 0.717) is 30.2 Å². The largest absolute Gasteiger partial charge is 0.494 e. The van der Waals surface area contributed by atoms with Crippen LogP contribution in [0.15, 0.2) is 24.3 Å². The number of amides is 1. The summed E-state index contributed by atoms with van der Waals surface area (Å²) in [5.74, 6) is -0.228. The molecule has 3 heterocycles. The molecule has 0 aliphatic carbocycles. The van der Waals surface area contributed by atoms with Crippen molar-refractivity contribution in [3.63, 3.8) is 0 Å². The molecular weight excluding hydrogens is 449 g/mol. The molecule has 1 fully saturated rings. The van der Waals surface area contributed by atoms with Gasteiger partial charge in [0, 0.05) is 6.54 Å². The summed E-state index contributed by atoms with van der Waals surface area (Å²) in [4.78, 5) is 22.5. The molecule has 1 amide bonds. The van der Waals surface area contributed by atoms with Gasteiger partial charge in [0.2, 0.25) is 5.82 Å². The molecule has 2 atom stereocenters. The number of ether oxygens (including phenoxy) is 3. The number of aliphatic hydroxyl groups is 1. The van der Waals surface area contributed by atoms with Crippen LogP contribution in [0.4, 0.5) is 4.39 Å². The van der Waals surface area contributed by atoms with Crippen molar-refractivity contribution in [3.05, 3.63) is 47.2 Å². The lowest BCUT2D eigenvalue weighted by atomic mass is 10.2. The molecule has 1 aromatic carbocycles. The molecule has 180 valence electrons. The van der Waals surface area contributed by atoms with Gasteiger partial charge < -0.3 is 24.6 Å². The van der Waals surface area contributed by atoms with Crippen LogP contribution in [-0.2, 0) is 22.6 Å². The average Bonchev–Trinajstić information content (AvgIpc) is 3.32. The maximum atomic E-state index is 13.6. The number of aromatic nitrogens is 6. The van der Waals surface area contributed by atoms with Crippen molar-refractivity contribution >= 4 is 5.91 Å². The van der Waals surface area contributed by atoms with Crippen LogP contribution >= 0.6 is 0 Å². The first kappa shape index (κ1) is 23.6. The van der Waals surface area contributed by atoms with Crippen molar-refractivity contribution in [3.8, 4) is 17.3 Å². The van der Waals surface area contributed by atoms with E-state index in [0.717, 1.165) is 0 Å². The molecule has 1 aliphatic heterocycles. The number of carbonyl (C=O) groups excluding carboxylic acids is 1. The smallest absolute Gasteiger partial charge is 0.270 e. The monoisotopic (exact) mass is 473 g/mol. The summed E-state index contributed by atoms with van der Waals surface area (Å²) in [6.45, 7) is 2.61. The molecule has 1 aliphatic rings. The summed E-state index contributed by atoms with van der Waals surface area (Å²) < 4.78 is 29.7. The lowest BCUT2D eigenvalue weighted by molar-refractivity contribution is -0.150. The lowest BCUT2D eigenvalue weighted by Crippen LogP contribution is -2.40. The third-order valence-corrected chi connectivity index (χ3v) is 5.03. The maximum absolute atomic E-state index is 13.6. The van der Waals surface area contributed by atoms with E-state index < -0.39 is 11.7 Å². The zero-order valence-corrected chi connectivity index (χ0v) is 18.6. The average molecular weight is 473 g/mol. The first-order chi connectivity index (χ1) is 16.4. The number of aliphatic hydroxyl groups excluding tert-OH is 1. The van der Waals surface area contributed by atoms with Crippen LogP contribution in [0.25, 0.3) is 11.5 Å². The molecule has 0 unspecified atom stereocenters. The zero-order chi connectivity index (χ0) is 24.1. The molecule has 12 nitrogen and oxygen atoms in total.